The summed E-state index contributed by atoms with van der Waals surface area (Å²) < 4.78 is 51.5. The van der Waals surface area contributed by atoms with Crippen LogP contribution in [0, 0.1) is 27.7 Å². The van der Waals surface area contributed by atoms with Crippen LogP contribution in [-0.4, -0.2) is 68.7 Å². The lowest BCUT2D eigenvalue weighted by atomic mass is 10.1. The molecule has 0 unspecified atom stereocenters. The lowest BCUT2D eigenvalue weighted by Gasteiger charge is -2.17. The van der Waals surface area contributed by atoms with Crippen LogP contribution in [0.4, 0.5) is 0 Å². The van der Waals surface area contributed by atoms with Gasteiger partial charge in [-0.3, -0.25) is 14.6 Å². The molecule has 1 amide bonds. The highest BCUT2D eigenvalue weighted by atomic mass is 32.2. The maximum Gasteiger partial charge on any atom is 0.305 e. The van der Waals surface area contributed by atoms with Crippen molar-refractivity contribution in [3.05, 3.63) is 64.5 Å². The van der Waals surface area contributed by atoms with E-state index in [4.69, 9.17) is 19.2 Å². The van der Waals surface area contributed by atoms with Crippen LogP contribution >= 0.6 is 11.8 Å². The number of benzene rings is 2. The number of aryl methyl sites for hydroxylation is 3. The number of carbonyl (C=O) groups excluding carboxylic acids is 2. The third-order valence-electron chi connectivity index (χ3n) is 7.79. The van der Waals surface area contributed by atoms with E-state index in [1.54, 1.807) is 64.6 Å². The van der Waals surface area contributed by atoms with Crippen molar-refractivity contribution in [1.82, 2.24) is 19.3 Å². The van der Waals surface area contributed by atoms with Crippen LogP contribution in [0.25, 0.3) is 11.0 Å². The number of esters is 1. The number of unbranched alkanes of at least 4 members (excludes halogenated alkanes) is 2. The van der Waals surface area contributed by atoms with Crippen molar-refractivity contribution in [2.45, 2.75) is 69.2 Å². The summed E-state index contributed by atoms with van der Waals surface area (Å²) in [5, 5.41) is 3.07. The predicted molar refractivity (Wildman–Crippen MR) is 184 cm³/mol. The molecule has 258 valence electrons. The Morgan fingerprint density at radius 3 is 2.31 bits per heavy atom. The Kier molecular flexibility index (Phi) is 12.3. The molecule has 1 N–H and O–H groups in total. The molecule has 0 aliphatic carbocycles. The molecule has 0 fully saturated rings. The standard InChI is InChI=1S/C34H42N4O8S2/c1-21-15-26(46-19-30(39)35-14-10-8-9-11-31(40)44-6)16-22(2)33(21)48(41,42)38-29-13-12-25(43-5)17-27(29)37-34(38)47-20-28-24(4)32(45-7)23(3)18-36-28/h12-13,15-18H,8-11,14,19-20H2,1-7H3,(H,35,39). The summed E-state index contributed by atoms with van der Waals surface area (Å²) in [4.78, 5) is 33.0. The van der Waals surface area contributed by atoms with Gasteiger partial charge in [-0.15, -0.1) is 0 Å². The summed E-state index contributed by atoms with van der Waals surface area (Å²) in [6.45, 7) is 7.47. The van der Waals surface area contributed by atoms with E-state index in [0.717, 1.165) is 35.4 Å². The quantitative estimate of drug-likeness (QED) is 0.0906. The van der Waals surface area contributed by atoms with Gasteiger partial charge in [0.1, 0.15) is 17.2 Å². The number of hydrogen-bond donors (Lipinski definition) is 1. The van der Waals surface area contributed by atoms with E-state index in [1.165, 1.54) is 22.8 Å². The molecule has 0 aliphatic rings. The zero-order chi connectivity index (χ0) is 35.0. The fourth-order valence-corrected chi connectivity index (χ4v) is 8.57. The SMILES string of the molecule is COC(=O)CCCCCNC(=O)COc1cc(C)c(S(=O)(=O)n2c(SCc3ncc(C)c(OC)c3C)nc3cc(OC)ccc32)c(C)c1. The van der Waals surface area contributed by atoms with Crippen molar-refractivity contribution in [2.24, 2.45) is 0 Å². The number of ether oxygens (including phenoxy) is 4. The van der Waals surface area contributed by atoms with Crippen LogP contribution in [0.5, 0.6) is 17.2 Å². The normalized spacial score (nSPS) is 11.4. The molecule has 12 nitrogen and oxygen atoms in total. The smallest absolute Gasteiger partial charge is 0.305 e. The van der Waals surface area contributed by atoms with Crippen LogP contribution in [0.1, 0.15) is 53.6 Å². The Hall–Kier alpha value is -4.30. The average molecular weight is 699 g/mol. The minimum atomic E-state index is -4.16. The van der Waals surface area contributed by atoms with E-state index in [1.807, 2.05) is 13.8 Å². The summed E-state index contributed by atoms with van der Waals surface area (Å²) in [7, 11) is 0.353. The van der Waals surface area contributed by atoms with Crippen molar-refractivity contribution in [2.75, 3.05) is 34.5 Å². The van der Waals surface area contributed by atoms with Crippen molar-refractivity contribution in [1.29, 1.82) is 0 Å². The lowest BCUT2D eigenvalue weighted by Crippen LogP contribution is -2.29. The molecule has 2 aromatic carbocycles. The molecule has 0 saturated heterocycles. The number of hydrogen-bond acceptors (Lipinski definition) is 11. The zero-order valence-corrected chi connectivity index (χ0v) is 30.0. The number of amides is 1. The third kappa shape index (κ3) is 8.40. The van der Waals surface area contributed by atoms with Gasteiger partial charge in [0, 0.05) is 42.1 Å². The molecular weight excluding hydrogens is 657 g/mol. The van der Waals surface area contributed by atoms with E-state index in [-0.39, 0.29) is 28.5 Å². The number of rotatable bonds is 16. The Bertz CT molecular complexity index is 1880. The van der Waals surface area contributed by atoms with Crippen LogP contribution < -0.4 is 19.5 Å². The molecule has 2 aromatic heterocycles. The average Bonchev–Trinajstić information content (AvgIpc) is 3.43. The highest BCUT2D eigenvalue weighted by Crippen LogP contribution is 2.36. The Morgan fingerprint density at radius 1 is 0.917 bits per heavy atom. The van der Waals surface area contributed by atoms with Gasteiger partial charge in [0.05, 0.1) is 43.0 Å². The third-order valence-corrected chi connectivity index (χ3v) is 10.9. The van der Waals surface area contributed by atoms with Gasteiger partial charge in [-0.1, -0.05) is 18.2 Å². The van der Waals surface area contributed by atoms with E-state index in [9.17, 15) is 18.0 Å². The van der Waals surface area contributed by atoms with Gasteiger partial charge < -0.3 is 24.3 Å². The lowest BCUT2D eigenvalue weighted by molar-refractivity contribution is -0.140. The first-order valence-electron chi connectivity index (χ1n) is 15.4. The predicted octanol–water partition coefficient (Wildman–Crippen LogP) is 5.44. The first-order valence-corrected chi connectivity index (χ1v) is 17.8. The van der Waals surface area contributed by atoms with Gasteiger partial charge in [0.2, 0.25) is 0 Å². The number of nitrogens with one attached hydrogen (secondary N) is 1. The second-order valence-corrected chi connectivity index (χ2v) is 13.9. The zero-order valence-electron chi connectivity index (χ0n) is 28.3. The molecular formula is C34H42N4O8S2. The first kappa shape index (κ1) is 36.5. The number of nitrogens with zero attached hydrogens (tertiary/aromatic N) is 3. The Morgan fingerprint density at radius 2 is 1.65 bits per heavy atom. The molecule has 48 heavy (non-hydrogen) atoms. The summed E-state index contributed by atoms with van der Waals surface area (Å²) in [5.41, 5.74) is 4.35. The van der Waals surface area contributed by atoms with E-state index < -0.39 is 10.0 Å². The number of pyridine rings is 1. The van der Waals surface area contributed by atoms with Crippen molar-refractivity contribution in [3.8, 4) is 17.2 Å². The van der Waals surface area contributed by atoms with Crippen LogP contribution in [0.3, 0.4) is 0 Å². The van der Waals surface area contributed by atoms with Crippen molar-refractivity contribution < 1.29 is 37.0 Å². The second-order valence-electron chi connectivity index (χ2n) is 11.3. The molecule has 4 rings (SSSR count). The van der Waals surface area contributed by atoms with Gasteiger partial charge >= 0.3 is 5.97 Å². The maximum absolute atomic E-state index is 14.5. The largest absolute Gasteiger partial charge is 0.497 e. The van der Waals surface area contributed by atoms with Crippen LogP contribution in [0.15, 0.2) is 46.6 Å². The van der Waals surface area contributed by atoms with Crippen LogP contribution in [0.2, 0.25) is 0 Å². The Balaban J connectivity index is 1.55. The summed E-state index contributed by atoms with van der Waals surface area (Å²) in [5.74, 6) is 1.49. The highest BCUT2D eigenvalue weighted by molar-refractivity contribution is 7.99. The van der Waals surface area contributed by atoms with Gasteiger partial charge in [0.15, 0.2) is 11.8 Å². The van der Waals surface area contributed by atoms with Crippen molar-refractivity contribution in [3.63, 3.8) is 0 Å². The van der Waals surface area contributed by atoms with Gasteiger partial charge in [-0.05, 0) is 75.9 Å². The monoisotopic (exact) mass is 698 g/mol. The fraction of sp³-hybridized carbons (Fsp3) is 0.412. The first-order chi connectivity index (χ1) is 22.9. The topological polar surface area (TPSA) is 148 Å². The number of methoxy groups -OCH3 is 3. The molecule has 2 heterocycles. The molecule has 0 radical (unpaired) electrons. The van der Waals surface area contributed by atoms with Crippen LogP contribution in [-0.2, 0) is 30.1 Å². The summed E-state index contributed by atoms with van der Waals surface area (Å²) in [6.07, 6.45) is 4.28. The fourth-order valence-electron chi connectivity index (χ4n) is 5.41. The minimum absolute atomic E-state index is 0.120. The summed E-state index contributed by atoms with van der Waals surface area (Å²) in [6, 6.07) is 8.31. The maximum atomic E-state index is 14.5. The summed E-state index contributed by atoms with van der Waals surface area (Å²) >= 11 is 1.26. The molecule has 0 atom stereocenters. The van der Waals surface area contributed by atoms with Crippen molar-refractivity contribution >= 4 is 44.7 Å². The Labute approximate surface area is 285 Å². The van der Waals surface area contributed by atoms with E-state index in [0.29, 0.717) is 58.8 Å². The molecule has 0 aliphatic heterocycles. The van der Waals surface area contributed by atoms with Gasteiger partial charge in [-0.25, -0.2) is 17.4 Å². The molecule has 0 bridgehead atoms. The molecule has 0 saturated carbocycles. The number of carbonyl (C=O) groups is 2. The van der Waals surface area contributed by atoms with E-state index in [2.05, 4.69) is 15.0 Å². The highest BCUT2D eigenvalue weighted by Gasteiger charge is 2.29. The second kappa shape index (κ2) is 16.2. The number of imidazole rings is 1. The molecule has 4 aromatic rings. The molecule has 14 heteroatoms. The number of fused-ring (bicyclic) bond motifs is 1. The number of thioether (sulfide) groups is 1. The van der Waals surface area contributed by atoms with E-state index >= 15 is 0 Å². The van der Waals surface area contributed by atoms with Gasteiger partial charge in [-0.2, -0.15) is 0 Å². The number of aromatic nitrogens is 3. The molecule has 0 spiro atoms. The minimum Gasteiger partial charge on any atom is -0.497 e. The van der Waals surface area contributed by atoms with Gasteiger partial charge in [0.25, 0.3) is 15.9 Å².